The highest BCUT2D eigenvalue weighted by atomic mass is 127. The van der Waals surface area contributed by atoms with E-state index in [2.05, 4.69) is 28.2 Å². The lowest BCUT2D eigenvalue weighted by Crippen LogP contribution is -3.00. The molecule has 0 N–H and O–H groups in total. The lowest BCUT2D eigenvalue weighted by Gasteiger charge is -2.35. The van der Waals surface area contributed by atoms with Crippen LogP contribution in [0.25, 0.3) is 0 Å². The van der Waals surface area contributed by atoms with Gasteiger partial charge in [-0.2, -0.15) is 0 Å². The van der Waals surface area contributed by atoms with E-state index in [9.17, 15) is 4.79 Å². The highest BCUT2D eigenvalue weighted by Crippen LogP contribution is 2.32. The molecule has 0 saturated carbocycles. The highest BCUT2D eigenvalue weighted by molar-refractivity contribution is 9.10. The third-order valence-corrected chi connectivity index (χ3v) is 4.91. The van der Waals surface area contributed by atoms with Crippen molar-refractivity contribution in [1.29, 1.82) is 0 Å². The number of aromatic nitrogens is 1. The Hall–Kier alpha value is -0.950. The molecule has 5 heteroatoms. The Bertz CT molecular complexity index is 692. The molecular weight excluding hydrogens is 467 g/mol. The van der Waals surface area contributed by atoms with E-state index in [1.54, 1.807) is 0 Å². The van der Waals surface area contributed by atoms with Crippen LogP contribution in [0.1, 0.15) is 41.2 Å². The third-order valence-electron chi connectivity index (χ3n) is 4.22. The first-order valence-electron chi connectivity index (χ1n) is 7.67. The zero-order valence-electron chi connectivity index (χ0n) is 13.1. The molecule has 2 heterocycles. The van der Waals surface area contributed by atoms with Crippen LogP contribution in [-0.4, -0.2) is 17.4 Å². The number of pyridine rings is 1. The number of carbonyl (C=O) groups is 1. The molecule has 1 aliphatic rings. The van der Waals surface area contributed by atoms with Gasteiger partial charge in [-0.05, 0) is 53.4 Å². The van der Waals surface area contributed by atoms with Crippen LogP contribution >= 0.6 is 15.9 Å². The average molecular weight is 487 g/mol. The molecule has 1 fully saturated rings. The Kier molecular flexibility index (Phi) is 6.59. The molecule has 0 radical (unpaired) electrons. The molecule has 0 aliphatic carbocycles. The summed E-state index contributed by atoms with van der Waals surface area (Å²) in [6.45, 7) is 0.823. The molecule has 1 atom stereocenters. The average Bonchev–Trinajstić information content (AvgIpc) is 2.55. The van der Waals surface area contributed by atoms with Crippen LogP contribution in [0.4, 0.5) is 0 Å². The molecule has 3 rings (SSSR count). The maximum Gasteiger partial charge on any atom is 0.255 e. The van der Waals surface area contributed by atoms with Gasteiger partial charge < -0.3 is 28.9 Å². The van der Waals surface area contributed by atoms with Gasteiger partial charge in [-0.25, -0.2) is 4.57 Å². The number of amides is 1. The fourth-order valence-corrected chi connectivity index (χ4v) is 3.57. The van der Waals surface area contributed by atoms with Crippen molar-refractivity contribution in [3.8, 4) is 0 Å². The molecule has 0 spiro atoms. The zero-order chi connectivity index (χ0) is 15.5. The van der Waals surface area contributed by atoms with Crippen LogP contribution in [0.2, 0.25) is 0 Å². The second kappa shape index (κ2) is 8.24. The number of rotatable bonds is 2. The fraction of sp³-hybridized carbons (Fsp3) is 0.333. The van der Waals surface area contributed by atoms with Gasteiger partial charge >= 0.3 is 0 Å². The maximum atomic E-state index is 13.0. The molecule has 1 aliphatic heterocycles. The molecule has 2 aromatic rings. The monoisotopic (exact) mass is 486 g/mol. The first kappa shape index (κ1) is 18.4. The Balaban J connectivity index is 0.00000192. The van der Waals surface area contributed by atoms with Crippen LogP contribution in [0, 0.1) is 0 Å². The molecule has 122 valence electrons. The Labute approximate surface area is 162 Å². The molecule has 0 bridgehead atoms. The molecule has 1 aromatic carbocycles. The molecule has 1 amide bonds. The largest absolute Gasteiger partial charge is 1.00 e. The number of nitrogens with zero attached hydrogens (tertiary/aromatic N) is 2. The SMILES string of the molecule is C[n+]1cccc([C@@H]2CCCCN2C(=O)c2ccccc2Br)c1.[I-]. The highest BCUT2D eigenvalue weighted by Gasteiger charge is 2.30. The molecule has 1 saturated heterocycles. The molecule has 3 nitrogen and oxygen atoms in total. The van der Waals surface area contributed by atoms with Gasteiger partial charge in [0.25, 0.3) is 5.91 Å². The number of benzene rings is 1. The van der Waals surface area contributed by atoms with Crippen LogP contribution < -0.4 is 28.5 Å². The number of carbonyl (C=O) groups excluding carboxylic acids is 1. The minimum absolute atomic E-state index is 0. The third kappa shape index (κ3) is 4.12. The molecule has 1 aromatic heterocycles. The predicted octanol–water partition coefficient (Wildman–Crippen LogP) is 0.645. The standard InChI is InChI=1S/C18H20BrN2O.HI/c1-20-11-6-7-14(13-20)17-10-4-5-12-21(17)18(22)15-8-2-3-9-16(15)19;/h2-3,6-9,11,13,17H,4-5,10,12H2,1H3;1H/q+1;/p-1/t17-;/m0./s1. The number of hydrogen-bond acceptors (Lipinski definition) is 1. The van der Waals surface area contributed by atoms with Crippen molar-refractivity contribution in [2.75, 3.05) is 6.54 Å². The number of likely N-dealkylation sites (tertiary alicyclic amines) is 1. The first-order valence-corrected chi connectivity index (χ1v) is 8.47. The van der Waals surface area contributed by atoms with Crippen molar-refractivity contribution in [3.63, 3.8) is 0 Å². The summed E-state index contributed by atoms with van der Waals surface area (Å²) < 4.78 is 2.91. The Morgan fingerprint density at radius 1 is 1.22 bits per heavy atom. The van der Waals surface area contributed by atoms with Gasteiger partial charge in [0.15, 0.2) is 12.4 Å². The summed E-state index contributed by atoms with van der Waals surface area (Å²) in [5.41, 5.74) is 1.96. The quantitative estimate of drug-likeness (QED) is 0.451. The summed E-state index contributed by atoms with van der Waals surface area (Å²) in [6.07, 6.45) is 7.41. The first-order chi connectivity index (χ1) is 10.7. The van der Waals surface area contributed by atoms with Crippen LogP contribution in [0.5, 0.6) is 0 Å². The zero-order valence-corrected chi connectivity index (χ0v) is 16.8. The van der Waals surface area contributed by atoms with Gasteiger partial charge in [-0.3, -0.25) is 4.79 Å². The number of hydrogen-bond donors (Lipinski definition) is 0. The van der Waals surface area contributed by atoms with Gasteiger partial charge in [0.1, 0.15) is 7.05 Å². The summed E-state index contributed by atoms with van der Waals surface area (Å²) in [7, 11) is 2.02. The summed E-state index contributed by atoms with van der Waals surface area (Å²) in [4.78, 5) is 15.0. The molecular formula is C18H20BrIN2O. The van der Waals surface area contributed by atoms with Gasteiger partial charge in [0.05, 0.1) is 11.6 Å². The summed E-state index contributed by atoms with van der Waals surface area (Å²) >= 11 is 3.50. The van der Waals surface area contributed by atoms with E-state index in [4.69, 9.17) is 0 Å². The normalized spacial score (nSPS) is 17.5. The minimum atomic E-state index is 0. The van der Waals surface area contributed by atoms with E-state index in [0.717, 1.165) is 29.4 Å². The van der Waals surface area contributed by atoms with E-state index in [1.165, 1.54) is 12.0 Å². The van der Waals surface area contributed by atoms with Gasteiger partial charge in [0, 0.05) is 22.6 Å². The van der Waals surface area contributed by atoms with Crippen LogP contribution in [-0.2, 0) is 7.05 Å². The van der Waals surface area contributed by atoms with Gasteiger partial charge in [-0.15, -0.1) is 0 Å². The number of piperidine rings is 1. The number of halogens is 2. The smallest absolute Gasteiger partial charge is 0.255 e. The predicted molar refractivity (Wildman–Crippen MR) is 89.4 cm³/mol. The van der Waals surface area contributed by atoms with E-state index in [1.807, 2.05) is 53.0 Å². The van der Waals surface area contributed by atoms with Crippen molar-refractivity contribution in [2.45, 2.75) is 25.3 Å². The van der Waals surface area contributed by atoms with Crippen molar-refractivity contribution in [3.05, 3.63) is 64.4 Å². The lowest BCUT2D eigenvalue weighted by molar-refractivity contribution is -0.672. The van der Waals surface area contributed by atoms with Gasteiger partial charge in [-0.1, -0.05) is 12.1 Å². The topological polar surface area (TPSA) is 24.2 Å². The van der Waals surface area contributed by atoms with Crippen LogP contribution in [0.15, 0.2) is 53.3 Å². The Morgan fingerprint density at radius 3 is 2.74 bits per heavy atom. The molecule has 23 heavy (non-hydrogen) atoms. The van der Waals surface area contributed by atoms with Gasteiger partial charge in [0.2, 0.25) is 0 Å². The lowest BCUT2D eigenvalue weighted by atomic mass is 9.95. The summed E-state index contributed by atoms with van der Waals surface area (Å²) in [5.74, 6) is 0.115. The van der Waals surface area contributed by atoms with Crippen LogP contribution in [0.3, 0.4) is 0 Å². The second-order valence-electron chi connectivity index (χ2n) is 5.79. The molecule has 0 unspecified atom stereocenters. The van der Waals surface area contributed by atoms with Crippen molar-refractivity contribution in [1.82, 2.24) is 4.90 Å². The van der Waals surface area contributed by atoms with Crippen molar-refractivity contribution < 1.29 is 33.3 Å². The van der Waals surface area contributed by atoms with Crippen molar-refractivity contribution in [2.24, 2.45) is 7.05 Å². The second-order valence-corrected chi connectivity index (χ2v) is 6.65. The maximum absolute atomic E-state index is 13.0. The van der Waals surface area contributed by atoms with E-state index < -0.39 is 0 Å². The Morgan fingerprint density at radius 2 is 2.00 bits per heavy atom. The van der Waals surface area contributed by atoms with E-state index in [-0.39, 0.29) is 35.9 Å². The summed E-state index contributed by atoms with van der Waals surface area (Å²) in [6, 6.07) is 12.0. The fourth-order valence-electron chi connectivity index (χ4n) is 3.12. The summed E-state index contributed by atoms with van der Waals surface area (Å²) in [5, 5.41) is 0. The number of aryl methyl sites for hydroxylation is 1. The van der Waals surface area contributed by atoms with E-state index in [0.29, 0.717) is 0 Å². The minimum Gasteiger partial charge on any atom is -1.00 e. The van der Waals surface area contributed by atoms with E-state index >= 15 is 0 Å². The van der Waals surface area contributed by atoms with Crippen molar-refractivity contribution >= 4 is 21.8 Å².